The summed E-state index contributed by atoms with van der Waals surface area (Å²) >= 11 is 0. The maximum absolute atomic E-state index is 9.81. The first kappa shape index (κ1) is 13.0. The summed E-state index contributed by atoms with van der Waals surface area (Å²) in [6.45, 7) is -0.338. The molecule has 0 aromatic heterocycles. The van der Waals surface area contributed by atoms with Gasteiger partial charge in [0.1, 0.15) is 0 Å². The smallest absolute Gasteiger partial charge is 0.548 e. The summed E-state index contributed by atoms with van der Waals surface area (Å²) in [5.74, 6) is -1.52. The van der Waals surface area contributed by atoms with Crippen molar-refractivity contribution in [2.24, 2.45) is 5.73 Å². The number of carbonyl (C=O) groups excluding carboxylic acids is 1. The van der Waals surface area contributed by atoms with Crippen molar-refractivity contribution in [3.8, 4) is 0 Å². The zero-order valence-electron chi connectivity index (χ0n) is 6.05. The van der Waals surface area contributed by atoms with Crippen molar-refractivity contribution in [1.82, 2.24) is 4.90 Å². The monoisotopic (exact) mass is 169 g/mol. The third kappa shape index (κ3) is 6.50. The van der Waals surface area contributed by atoms with Crippen molar-refractivity contribution in [3.63, 3.8) is 0 Å². The molecule has 0 saturated carbocycles. The molecular formula is C4H8KN3O2. The van der Waals surface area contributed by atoms with Gasteiger partial charge in [-0.1, -0.05) is 0 Å². The van der Waals surface area contributed by atoms with Crippen molar-refractivity contribution < 1.29 is 61.3 Å². The van der Waals surface area contributed by atoms with E-state index in [0.29, 0.717) is 0 Å². The van der Waals surface area contributed by atoms with Gasteiger partial charge in [-0.15, -0.1) is 0 Å². The Bertz CT molecular complexity index is 138. The van der Waals surface area contributed by atoms with E-state index in [0.717, 1.165) is 4.90 Å². The molecule has 0 aromatic rings. The van der Waals surface area contributed by atoms with Gasteiger partial charge in [-0.3, -0.25) is 5.41 Å². The van der Waals surface area contributed by atoms with Gasteiger partial charge in [0.15, 0.2) is 5.96 Å². The average Bonchev–Trinajstić information content (AvgIpc) is 1.63. The largest absolute Gasteiger partial charge is 1.00 e. The Morgan fingerprint density at radius 1 is 1.80 bits per heavy atom. The molecule has 52 valence electrons. The summed E-state index contributed by atoms with van der Waals surface area (Å²) in [6.07, 6.45) is 0. The number of carboxylic acid groups (broad SMARTS) is 1. The van der Waals surface area contributed by atoms with E-state index in [4.69, 9.17) is 11.1 Å². The van der Waals surface area contributed by atoms with E-state index in [-0.39, 0.29) is 63.9 Å². The first-order valence-corrected chi connectivity index (χ1v) is 2.29. The van der Waals surface area contributed by atoms with Crippen LogP contribution in [0, 0.1) is 5.41 Å². The van der Waals surface area contributed by atoms with Crippen LogP contribution in [0.25, 0.3) is 0 Å². The predicted molar refractivity (Wildman–Crippen MR) is 29.6 cm³/mol. The van der Waals surface area contributed by atoms with E-state index < -0.39 is 5.97 Å². The second kappa shape index (κ2) is 6.11. The molecule has 0 spiro atoms. The van der Waals surface area contributed by atoms with Gasteiger partial charge in [0.25, 0.3) is 0 Å². The molecule has 0 unspecified atom stereocenters. The Morgan fingerprint density at radius 3 is 2.30 bits per heavy atom. The molecule has 0 radical (unpaired) electrons. The fourth-order valence-electron chi connectivity index (χ4n) is 0.279. The molecule has 0 heterocycles. The minimum atomic E-state index is -1.24. The summed E-state index contributed by atoms with van der Waals surface area (Å²) in [5, 5.41) is 16.5. The summed E-state index contributed by atoms with van der Waals surface area (Å²) in [7, 11) is 1.40. The number of carbonyl (C=O) groups is 1. The number of likely N-dealkylation sites (N-methyl/N-ethyl adjacent to an activating group) is 1. The van der Waals surface area contributed by atoms with Crippen LogP contribution >= 0.6 is 0 Å². The van der Waals surface area contributed by atoms with Crippen LogP contribution in [0.1, 0.15) is 0 Å². The molecule has 0 rings (SSSR count). The van der Waals surface area contributed by atoms with Crippen LogP contribution in [0.2, 0.25) is 0 Å². The van der Waals surface area contributed by atoms with Crippen LogP contribution in [0.3, 0.4) is 0 Å². The molecule has 5 nitrogen and oxygen atoms in total. The molecule has 3 N–H and O–H groups in total. The molecule has 0 aromatic carbocycles. The van der Waals surface area contributed by atoms with Crippen molar-refractivity contribution in [2.45, 2.75) is 0 Å². The Labute approximate surface area is 101 Å². The van der Waals surface area contributed by atoms with E-state index in [1.807, 2.05) is 0 Å². The Hall–Kier alpha value is 0.376. The fourth-order valence-corrected chi connectivity index (χ4v) is 0.279. The van der Waals surface area contributed by atoms with Crippen molar-refractivity contribution in [3.05, 3.63) is 0 Å². The van der Waals surface area contributed by atoms with E-state index in [2.05, 4.69) is 0 Å². The molecule has 0 saturated heterocycles. The van der Waals surface area contributed by atoms with Gasteiger partial charge in [0.05, 0.1) is 12.5 Å². The van der Waals surface area contributed by atoms with Crippen molar-refractivity contribution in [2.75, 3.05) is 13.6 Å². The zero-order chi connectivity index (χ0) is 7.44. The van der Waals surface area contributed by atoms with Crippen LogP contribution in [0.4, 0.5) is 0 Å². The summed E-state index contributed by atoms with van der Waals surface area (Å²) in [5.41, 5.74) is 4.90. The number of hydrogen-bond acceptors (Lipinski definition) is 3. The van der Waals surface area contributed by atoms with E-state index in [1.54, 1.807) is 0 Å². The molecule has 10 heavy (non-hydrogen) atoms. The summed E-state index contributed by atoms with van der Waals surface area (Å²) in [6, 6.07) is 0. The van der Waals surface area contributed by atoms with Crippen molar-refractivity contribution >= 4 is 11.9 Å². The standard InChI is InChI=1S/C4H9N3O2.K/c1-7(4(5)6)2-3(8)9;/h2H2,1H3,(H3,5,6)(H,8,9);/q;+1/p-1. The van der Waals surface area contributed by atoms with Gasteiger partial charge in [0, 0.05) is 7.05 Å². The third-order valence-electron chi connectivity index (χ3n) is 0.778. The number of nitrogens with zero attached hydrogens (tertiary/aromatic N) is 1. The number of aliphatic carboxylic acids is 1. The number of rotatable bonds is 2. The van der Waals surface area contributed by atoms with Gasteiger partial charge in [-0.25, -0.2) is 0 Å². The van der Waals surface area contributed by atoms with Crippen LogP contribution in [0.15, 0.2) is 0 Å². The SMILES string of the molecule is CN(CC(=O)[O-])C(=N)N.[K+]. The molecule has 0 amide bonds. The molecular weight excluding hydrogens is 161 g/mol. The number of nitrogens with one attached hydrogen (secondary N) is 1. The molecule has 0 bridgehead atoms. The Balaban J connectivity index is 0. The Kier molecular flexibility index (Phi) is 7.94. The third-order valence-corrected chi connectivity index (χ3v) is 0.778. The van der Waals surface area contributed by atoms with E-state index in [9.17, 15) is 9.90 Å². The molecule has 0 aliphatic carbocycles. The number of hydrogen-bond donors (Lipinski definition) is 2. The molecule has 0 aliphatic rings. The average molecular weight is 169 g/mol. The molecule has 0 fully saturated rings. The van der Waals surface area contributed by atoms with Gasteiger partial charge in [0.2, 0.25) is 0 Å². The molecule has 0 atom stereocenters. The zero-order valence-corrected chi connectivity index (χ0v) is 9.17. The Morgan fingerprint density at radius 2 is 2.20 bits per heavy atom. The van der Waals surface area contributed by atoms with Crippen molar-refractivity contribution in [1.29, 1.82) is 5.41 Å². The summed E-state index contributed by atoms with van der Waals surface area (Å²) < 4.78 is 0. The van der Waals surface area contributed by atoms with Crippen LogP contribution in [-0.4, -0.2) is 30.4 Å². The summed E-state index contributed by atoms with van der Waals surface area (Å²) in [4.78, 5) is 10.9. The van der Waals surface area contributed by atoms with Gasteiger partial charge in [-0.05, 0) is 0 Å². The number of nitrogens with two attached hydrogens (primary N) is 1. The van der Waals surface area contributed by atoms with Crippen LogP contribution in [-0.2, 0) is 4.79 Å². The fraction of sp³-hybridized carbons (Fsp3) is 0.500. The topological polar surface area (TPSA) is 93.2 Å². The first-order chi connectivity index (χ1) is 4.04. The normalized spacial score (nSPS) is 7.70. The first-order valence-electron chi connectivity index (χ1n) is 2.29. The van der Waals surface area contributed by atoms with E-state index in [1.165, 1.54) is 7.05 Å². The van der Waals surface area contributed by atoms with E-state index >= 15 is 0 Å². The molecule has 0 aliphatic heterocycles. The van der Waals surface area contributed by atoms with Gasteiger partial charge in [-0.2, -0.15) is 0 Å². The molecule has 6 heteroatoms. The predicted octanol–water partition coefficient (Wildman–Crippen LogP) is -5.43. The number of guanidine groups is 1. The maximum Gasteiger partial charge on any atom is 1.00 e. The second-order valence-corrected chi connectivity index (χ2v) is 1.61. The quantitative estimate of drug-likeness (QED) is 0.245. The number of carboxylic acids is 1. The minimum absolute atomic E-state index is 0. The minimum Gasteiger partial charge on any atom is -0.548 e. The van der Waals surface area contributed by atoms with Crippen LogP contribution < -0.4 is 62.2 Å². The van der Waals surface area contributed by atoms with Gasteiger partial charge >= 0.3 is 51.4 Å². The van der Waals surface area contributed by atoms with Crippen LogP contribution in [0.5, 0.6) is 0 Å². The maximum atomic E-state index is 9.81. The second-order valence-electron chi connectivity index (χ2n) is 1.61. The van der Waals surface area contributed by atoms with Gasteiger partial charge < -0.3 is 20.5 Å².